The molecule has 0 aromatic carbocycles. The number of nitrogens with zero attached hydrogens (tertiary/aromatic N) is 1. The van der Waals surface area contributed by atoms with Gasteiger partial charge in [-0.15, -0.1) is 11.3 Å². The van der Waals surface area contributed by atoms with Crippen LogP contribution in [0, 0.1) is 0 Å². The molecule has 0 saturated carbocycles. The van der Waals surface area contributed by atoms with Gasteiger partial charge in [-0.1, -0.05) is 6.92 Å². The summed E-state index contributed by atoms with van der Waals surface area (Å²) >= 11 is 1.19. The van der Waals surface area contributed by atoms with E-state index >= 15 is 0 Å². The van der Waals surface area contributed by atoms with Gasteiger partial charge < -0.3 is 0 Å². The summed E-state index contributed by atoms with van der Waals surface area (Å²) in [5, 5.41) is 1.97. The number of Topliss-reactive ketones (excluding diaryl/α,β-unsaturated/α-hetero) is 1. The number of rotatable bonds is 3. The van der Waals surface area contributed by atoms with Crippen LogP contribution in [0.5, 0.6) is 0 Å². The Morgan fingerprint density at radius 3 is 3.00 bits per heavy atom. The lowest BCUT2D eigenvalue weighted by atomic mass is 10.2. The largest absolute Gasteiger partial charge is 0.295 e. The van der Waals surface area contributed by atoms with E-state index < -0.39 is 0 Å². The van der Waals surface area contributed by atoms with Crippen molar-refractivity contribution in [2.75, 3.05) is 0 Å². The van der Waals surface area contributed by atoms with Gasteiger partial charge in [-0.05, 0) is 0 Å². The first-order valence-corrected chi connectivity index (χ1v) is 4.09. The highest BCUT2D eigenvalue weighted by atomic mass is 32.1. The van der Waals surface area contributed by atoms with Gasteiger partial charge in [0.1, 0.15) is 5.69 Å². The van der Waals surface area contributed by atoms with Gasteiger partial charge in [0, 0.05) is 11.8 Å². The Hall–Kier alpha value is -1.03. The van der Waals surface area contributed by atoms with E-state index in [0.29, 0.717) is 23.4 Å². The first-order valence-electron chi connectivity index (χ1n) is 3.21. The normalized spacial score (nSPS) is 9.55. The molecule has 11 heavy (non-hydrogen) atoms. The number of ketones is 1. The third-order valence-electron chi connectivity index (χ3n) is 1.23. The highest BCUT2D eigenvalue weighted by molar-refractivity contribution is 7.11. The molecule has 1 aromatic heterocycles. The lowest BCUT2D eigenvalue weighted by Crippen LogP contribution is -1.96. The van der Waals surface area contributed by atoms with Gasteiger partial charge in [-0.3, -0.25) is 9.59 Å². The summed E-state index contributed by atoms with van der Waals surface area (Å²) in [5.41, 5.74) is 0.402. The van der Waals surface area contributed by atoms with Crippen LogP contribution in [0.3, 0.4) is 0 Å². The molecular formula is C7H7NO2S. The highest BCUT2D eigenvalue weighted by Gasteiger charge is 2.06. The second-order valence-corrected chi connectivity index (χ2v) is 2.86. The molecule has 0 spiro atoms. The number of aldehydes is 1. The molecule has 4 heteroatoms. The fourth-order valence-electron chi connectivity index (χ4n) is 0.651. The fraction of sp³-hybridized carbons (Fsp3) is 0.286. The number of carbonyl (C=O) groups excluding carboxylic acids is 2. The van der Waals surface area contributed by atoms with Crippen LogP contribution in [0.15, 0.2) is 5.38 Å². The minimum absolute atomic E-state index is 0.0191. The van der Waals surface area contributed by atoms with Crippen molar-refractivity contribution in [1.82, 2.24) is 4.98 Å². The molecule has 1 heterocycles. The monoisotopic (exact) mass is 169 g/mol. The van der Waals surface area contributed by atoms with E-state index in [9.17, 15) is 9.59 Å². The van der Waals surface area contributed by atoms with Crippen molar-refractivity contribution in [3.05, 3.63) is 16.1 Å². The Labute approximate surface area is 68.1 Å². The molecule has 0 atom stereocenters. The van der Waals surface area contributed by atoms with E-state index in [-0.39, 0.29) is 5.78 Å². The quantitative estimate of drug-likeness (QED) is 0.509. The summed E-state index contributed by atoms with van der Waals surface area (Å²) in [7, 11) is 0. The topological polar surface area (TPSA) is 47.0 Å². The molecule has 0 aliphatic rings. The summed E-state index contributed by atoms with van der Waals surface area (Å²) in [6.07, 6.45) is 1.08. The van der Waals surface area contributed by atoms with Crippen molar-refractivity contribution in [2.24, 2.45) is 0 Å². The van der Waals surface area contributed by atoms with Gasteiger partial charge in [0.15, 0.2) is 17.1 Å². The SMILES string of the molecule is CCC(=O)c1csc(C=O)n1. The van der Waals surface area contributed by atoms with E-state index in [1.165, 1.54) is 11.3 Å². The van der Waals surface area contributed by atoms with Gasteiger partial charge in [0.05, 0.1) is 0 Å². The zero-order valence-electron chi connectivity index (χ0n) is 6.03. The molecule has 58 valence electrons. The molecule has 0 N–H and O–H groups in total. The van der Waals surface area contributed by atoms with Gasteiger partial charge in [-0.25, -0.2) is 4.98 Å². The van der Waals surface area contributed by atoms with Gasteiger partial charge in [0.2, 0.25) is 0 Å². The van der Waals surface area contributed by atoms with Crippen molar-refractivity contribution >= 4 is 23.4 Å². The van der Waals surface area contributed by atoms with Gasteiger partial charge >= 0.3 is 0 Å². The predicted molar refractivity (Wildman–Crippen MR) is 42.1 cm³/mol. The third kappa shape index (κ3) is 1.71. The lowest BCUT2D eigenvalue weighted by Gasteiger charge is -1.86. The number of hydrogen-bond donors (Lipinski definition) is 0. The van der Waals surface area contributed by atoms with Crippen LogP contribution in [0.4, 0.5) is 0 Å². The molecule has 1 aromatic rings. The minimum Gasteiger partial charge on any atom is -0.295 e. The van der Waals surface area contributed by atoms with Crippen LogP contribution in [-0.2, 0) is 0 Å². The maximum absolute atomic E-state index is 11.0. The van der Waals surface area contributed by atoms with Crippen molar-refractivity contribution in [2.45, 2.75) is 13.3 Å². The molecule has 0 saturated heterocycles. The molecule has 0 unspecified atom stereocenters. The predicted octanol–water partition coefficient (Wildman–Crippen LogP) is 1.55. The average Bonchev–Trinajstić information content (AvgIpc) is 2.50. The van der Waals surface area contributed by atoms with E-state index in [4.69, 9.17) is 0 Å². The van der Waals surface area contributed by atoms with E-state index in [0.717, 1.165) is 0 Å². The Balaban J connectivity index is 2.88. The second kappa shape index (κ2) is 3.39. The fourth-order valence-corrected chi connectivity index (χ4v) is 1.27. The van der Waals surface area contributed by atoms with Crippen molar-refractivity contribution in [1.29, 1.82) is 0 Å². The molecule has 1 rings (SSSR count). The Kier molecular flexibility index (Phi) is 2.48. The maximum atomic E-state index is 11.0. The summed E-state index contributed by atoms with van der Waals surface area (Å²) in [6.45, 7) is 1.77. The average molecular weight is 169 g/mol. The zero-order valence-corrected chi connectivity index (χ0v) is 6.85. The van der Waals surface area contributed by atoms with Crippen LogP contribution in [-0.4, -0.2) is 17.1 Å². The second-order valence-electron chi connectivity index (χ2n) is 1.97. The Morgan fingerprint density at radius 1 is 1.82 bits per heavy atom. The summed E-state index contributed by atoms with van der Waals surface area (Å²) in [5.74, 6) is -0.0191. The number of thiazole rings is 1. The van der Waals surface area contributed by atoms with Crippen LogP contribution in [0.2, 0.25) is 0 Å². The molecule has 0 bridgehead atoms. The van der Waals surface area contributed by atoms with E-state index in [2.05, 4.69) is 4.98 Å². The molecule has 0 fully saturated rings. The minimum atomic E-state index is -0.0191. The molecule has 0 amide bonds. The van der Waals surface area contributed by atoms with E-state index in [1.54, 1.807) is 12.3 Å². The van der Waals surface area contributed by atoms with Crippen LogP contribution < -0.4 is 0 Å². The van der Waals surface area contributed by atoms with Crippen molar-refractivity contribution in [3.63, 3.8) is 0 Å². The molecule has 0 radical (unpaired) electrons. The lowest BCUT2D eigenvalue weighted by molar-refractivity contribution is 0.0984. The summed E-state index contributed by atoms with van der Waals surface area (Å²) < 4.78 is 0. The van der Waals surface area contributed by atoms with Gasteiger partial charge in [0.25, 0.3) is 0 Å². The molecule has 0 aliphatic carbocycles. The highest BCUT2D eigenvalue weighted by Crippen LogP contribution is 2.08. The van der Waals surface area contributed by atoms with Crippen LogP contribution >= 0.6 is 11.3 Å². The van der Waals surface area contributed by atoms with Crippen molar-refractivity contribution < 1.29 is 9.59 Å². The molecule has 3 nitrogen and oxygen atoms in total. The van der Waals surface area contributed by atoms with Gasteiger partial charge in [-0.2, -0.15) is 0 Å². The maximum Gasteiger partial charge on any atom is 0.181 e. The number of hydrogen-bond acceptors (Lipinski definition) is 4. The zero-order chi connectivity index (χ0) is 8.27. The summed E-state index contributed by atoms with van der Waals surface area (Å²) in [4.78, 5) is 24.9. The number of aromatic nitrogens is 1. The van der Waals surface area contributed by atoms with Crippen molar-refractivity contribution in [3.8, 4) is 0 Å². The standard InChI is InChI=1S/C7H7NO2S/c1-2-6(10)5-4-11-7(3-9)8-5/h3-4H,2H2,1H3. The molecule has 0 aliphatic heterocycles. The van der Waals surface area contributed by atoms with Crippen LogP contribution in [0.25, 0.3) is 0 Å². The Bertz CT molecular complexity index is 280. The van der Waals surface area contributed by atoms with E-state index in [1.807, 2.05) is 0 Å². The smallest absolute Gasteiger partial charge is 0.181 e. The Morgan fingerprint density at radius 2 is 2.55 bits per heavy atom. The first-order chi connectivity index (χ1) is 5.27. The summed E-state index contributed by atoms with van der Waals surface area (Å²) in [6, 6.07) is 0. The number of carbonyl (C=O) groups is 2. The van der Waals surface area contributed by atoms with Crippen LogP contribution in [0.1, 0.15) is 33.6 Å². The first kappa shape index (κ1) is 8.07. The molecular weight excluding hydrogens is 162 g/mol. The third-order valence-corrected chi connectivity index (χ3v) is 2.00.